The summed E-state index contributed by atoms with van der Waals surface area (Å²) in [5, 5.41) is 10.0. The van der Waals surface area contributed by atoms with Crippen molar-refractivity contribution in [2.75, 3.05) is 12.4 Å². The zero-order valence-electron chi connectivity index (χ0n) is 15.7. The van der Waals surface area contributed by atoms with Crippen LogP contribution in [0.4, 0.5) is 32.0 Å². The molecule has 0 atom stereocenters. The SMILES string of the molecule is COc1ccc(-c2ccc(NC(=O)c3cc(C(F)(F)F)cc(C(F)(F)F)c3)cc2)nn1. The number of hydrogen-bond acceptors (Lipinski definition) is 4. The number of aromatic nitrogens is 2. The summed E-state index contributed by atoms with van der Waals surface area (Å²) in [5.74, 6) is -0.805. The monoisotopic (exact) mass is 441 g/mol. The van der Waals surface area contributed by atoms with Gasteiger partial charge in [0.05, 0.1) is 23.9 Å². The molecule has 0 saturated carbocycles. The molecule has 1 amide bonds. The standard InChI is InChI=1S/C20H13F6N3O2/c1-31-17-7-6-16(28-29-17)11-2-4-15(5-3-11)27-18(30)12-8-13(19(21,22)23)10-14(9-12)20(24,25)26/h2-10H,1H3,(H,27,30). The van der Waals surface area contributed by atoms with E-state index in [0.717, 1.165) is 0 Å². The maximum Gasteiger partial charge on any atom is 0.416 e. The number of carbonyl (C=O) groups is 1. The maximum atomic E-state index is 13.0. The van der Waals surface area contributed by atoms with E-state index >= 15 is 0 Å². The van der Waals surface area contributed by atoms with Gasteiger partial charge in [-0.2, -0.15) is 26.3 Å². The van der Waals surface area contributed by atoms with E-state index in [0.29, 0.717) is 29.3 Å². The second-order valence-electron chi connectivity index (χ2n) is 6.29. The van der Waals surface area contributed by atoms with Crippen LogP contribution in [0.2, 0.25) is 0 Å². The van der Waals surface area contributed by atoms with Crippen LogP contribution in [0, 0.1) is 0 Å². The van der Waals surface area contributed by atoms with Crippen molar-refractivity contribution in [3.8, 4) is 17.1 Å². The number of amides is 1. The Kier molecular flexibility index (Phi) is 5.87. The molecule has 11 heteroatoms. The minimum atomic E-state index is -5.04. The number of carbonyl (C=O) groups excluding carboxylic acids is 1. The van der Waals surface area contributed by atoms with Gasteiger partial charge >= 0.3 is 12.4 Å². The number of nitrogens with zero attached hydrogens (tertiary/aromatic N) is 2. The lowest BCUT2D eigenvalue weighted by atomic mass is 10.0. The third-order valence-corrected chi connectivity index (χ3v) is 4.14. The molecule has 0 aliphatic rings. The van der Waals surface area contributed by atoms with Crippen LogP contribution in [0.5, 0.6) is 5.88 Å². The molecule has 1 N–H and O–H groups in total. The Bertz CT molecular complexity index is 1050. The van der Waals surface area contributed by atoms with Gasteiger partial charge in [-0.25, -0.2) is 0 Å². The van der Waals surface area contributed by atoms with E-state index in [2.05, 4.69) is 15.5 Å². The van der Waals surface area contributed by atoms with Crippen LogP contribution in [0.3, 0.4) is 0 Å². The first-order valence-electron chi connectivity index (χ1n) is 8.56. The second-order valence-corrected chi connectivity index (χ2v) is 6.29. The Balaban J connectivity index is 1.83. The molecule has 0 bridgehead atoms. The molecule has 1 aromatic heterocycles. The van der Waals surface area contributed by atoms with Gasteiger partial charge in [-0.15, -0.1) is 10.2 Å². The van der Waals surface area contributed by atoms with Crippen molar-refractivity contribution in [2.45, 2.75) is 12.4 Å². The molecule has 0 spiro atoms. The van der Waals surface area contributed by atoms with Crippen LogP contribution in [-0.4, -0.2) is 23.2 Å². The molecule has 0 aliphatic carbocycles. The average Bonchev–Trinajstić information content (AvgIpc) is 2.73. The quantitative estimate of drug-likeness (QED) is 0.548. The summed E-state index contributed by atoms with van der Waals surface area (Å²) in [7, 11) is 1.43. The number of rotatable bonds is 4. The van der Waals surface area contributed by atoms with E-state index in [1.807, 2.05) is 0 Å². The zero-order valence-corrected chi connectivity index (χ0v) is 15.7. The third kappa shape index (κ3) is 5.30. The molecule has 0 saturated heterocycles. The van der Waals surface area contributed by atoms with Crippen LogP contribution >= 0.6 is 0 Å². The minimum Gasteiger partial charge on any atom is -0.480 e. The summed E-state index contributed by atoms with van der Waals surface area (Å²) >= 11 is 0. The fraction of sp³-hybridized carbons (Fsp3) is 0.150. The molecule has 0 aliphatic heterocycles. The highest BCUT2D eigenvalue weighted by Crippen LogP contribution is 2.36. The fourth-order valence-corrected chi connectivity index (χ4v) is 2.60. The Labute approximate surface area is 171 Å². The number of methoxy groups -OCH3 is 1. The summed E-state index contributed by atoms with van der Waals surface area (Å²) in [6, 6.07) is 9.89. The summed E-state index contributed by atoms with van der Waals surface area (Å²) in [6.07, 6.45) is -10.1. The summed E-state index contributed by atoms with van der Waals surface area (Å²) < 4.78 is 82.7. The Hall–Kier alpha value is -3.63. The van der Waals surface area contributed by atoms with E-state index in [1.165, 1.54) is 19.2 Å². The van der Waals surface area contributed by atoms with Crippen LogP contribution in [0.15, 0.2) is 54.6 Å². The smallest absolute Gasteiger partial charge is 0.416 e. The minimum absolute atomic E-state index is 0.0402. The third-order valence-electron chi connectivity index (χ3n) is 4.14. The van der Waals surface area contributed by atoms with E-state index in [-0.39, 0.29) is 11.8 Å². The summed E-state index contributed by atoms with van der Waals surface area (Å²) in [5.41, 5.74) is -2.63. The van der Waals surface area contributed by atoms with Gasteiger partial charge < -0.3 is 10.1 Å². The van der Waals surface area contributed by atoms with Crippen LogP contribution in [-0.2, 0) is 12.4 Å². The number of halogens is 6. The summed E-state index contributed by atoms with van der Waals surface area (Å²) in [6.45, 7) is 0. The molecule has 3 rings (SSSR count). The highest BCUT2D eigenvalue weighted by atomic mass is 19.4. The van der Waals surface area contributed by atoms with Gasteiger partial charge in [-0.3, -0.25) is 4.79 Å². The van der Waals surface area contributed by atoms with Gasteiger partial charge in [0.1, 0.15) is 0 Å². The normalized spacial score (nSPS) is 11.8. The Morgan fingerprint density at radius 1 is 0.839 bits per heavy atom. The van der Waals surface area contributed by atoms with Crippen LogP contribution in [0.25, 0.3) is 11.3 Å². The zero-order chi connectivity index (χ0) is 22.8. The van der Waals surface area contributed by atoms with Crippen molar-refractivity contribution in [3.63, 3.8) is 0 Å². The molecule has 0 unspecified atom stereocenters. The lowest BCUT2D eigenvalue weighted by Gasteiger charge is -2.14. The lowest BCUT2D eigenvalue weighted by molar-refractivity contribution is -0.143. The van der Waals surface area contributed by atoms with Crippen molar-refractivity contribution in [3.05, 3.63) is 71.3 Å². The molecule has 1 heterocycles. The van der Waals surface area contributed by atoms with Gasteiger partial charge in [0.2, 0.25) is 5.88 Å². The topological polar surface area (TPSA) is 64.1 Å². The molecule has 5 nitrogen and oxygen atoms in total. The summed E-state index contributed by atoms with van der Waals surface area (Å²) in [4.78, 5) is 12.3. The van der Waals surface area contributed by atoms with Gasteiger partial charge in [0, 0.05) is 22.9 Å². The first-order valence-corrected chi connectivity index (χ1v) is 8.56. The molecule has 162 valence electrons. The number of ether oxygens (including phenoxy) is 1. The first kappa shape index (κ1) is 22.1. The van der Waals surface area contributed by atoms with Crippen LogP contribution < -0.4 is 10.1 Å². The van der Waals surface area contributed by atoms with E-state index in [4.69, 9.17) is 4.74 Å². The van der Waals surface area contributed by atoms with Crippen LogP contribution in [0.1, 0.15) is 21.5 Å². The van der Waals surface area contributed by atoms with Gasteiger partial charge in [0.15, 0.2) is 0 Å². The predicted molar refractivity (Wildman–Crippen MR) is 98.4 cm³/mol. The second kappa shape index (κ2) is 8.25. The Morgan fingerprint density at radius 3 is 1.87 bits per heavy atom. The maximum absolute atomic E-state index is 13.0. The van der Waals surface area contributed by atoms with E-state index < -0.39 is 35.0 Å². The van der Waals surface area contributed by atoms with E-state index in [1.54, 1.807) is 24.3 Å². The molecule has 3 aromatic rings. The Morgan fingerprint density at radius 2 is 1.42 bits per heavy atom. The molecular formula is C20H13F6N3O2. The largest absolute Gasteiger partial charge is 0.480 e. The number of benzene rings is 2. The molecule has 31 heavy (non-hydrogen) atoms. The van der Waals surface area contributed by atoms with Crippen molar-refractivity contribution in [1.82, 2.24) is 10.2 Å². The average molecular weight is 441 g/mol. The van der Waals surface area contributed by atoms with E-state index in [9.17, 15) is 31.1 Å². The lowest BCUT2D eigenvalue weighted by Crippen LogP contribution is -2.17. The van der Waals surface area contributed by atoms with Gasteiger partial charge in [-0.1, -0.05) is 12.1 Å². The number of alkyl halides is 6. The fourth-order valence-electron chi connectivity index (χ4n) is 2.60. The van der Waals surface area contributed by atoms with Gasteiger partial charge in [0.25, 0.3) is 5.91 Å². The number of hydrogen-bond donors (Lipinski definition) is 1. The molecule has 0 radical (unpaired) electrons. The van der Waals surface area contributed by atoms with Crippen molar-refractivity contribution in [1.29, 1.82) is 0 Å². The molecule has 0 fully saturated rings. The highest BCUT2D eigenvalue weighted by molar-refractivity contribution is 6.04. The number of nitrogens with one attached hydrogen (secondary N) is 1. The molecule has 2 aromatic carbocycles. The van der Waals surface area contributed by atoms with Crippen molar-refractivity contribution < 1.29 is 35.9 Å². The molecular weight excluding hydrogens is 428 g/mol. The van der Waals surface area contributed by atoms with Crippen molar-refractivity contribution >= 4 is 11.6 Å². The number of anilines is 1. The predicted octanol–water partition coefficient (Wildman–Crippen LogP) is 5.44. The highest BCUT2D eigenvalue weighted by Gasteiger charge is 2.37. The van der Waals surface area contributed by atoms with Crippen molar-refractivity contribution in [2.24, 2.45) is 0 Å². The first-order chi connectivity index (χ1) is 14.5. The van der Waals surface area contributed by atoms with Gasteiger partial charge in [-0.05, 0) is 36.4 Å².